The summed E-state index contributed by atoms with van der Waals surface area (Å²) in [6, 6.07) is 7.89. The summed E-state index contributed by atoms with van der Waals surface area (Å²) in [6.45, 7) is 2.11. The molecule has 3 heterocycles. The van der Waals surface area contributed by atoms with Crippen molar-refractivity contribution in [3.8, 4) is 28.3 Å². The minimum Gasteiger partial charge on any atom is -0.461 e. The van der Waals surface area contributed by atoms with Crippen molar-refractivity contribution in [3.63, 3.8) is 0 Å². The van der Waals surface area contributed by atoms with Crippen LogP contribution in [0.4, 0.5) is 0 Å². The number of H-pyrrole nitrogens is 2. The first kappa shape index (κ1) is 18.9. The van der Waals surface area contributed by atoms with Gasteiger partial charge in [-0.25, -0.2) is 14.5 Å². The van der Waals surface area contributed by atoms with Gasteiger partial charge in [0, 0.05) is 34.8 Å². The fourth-order valence-corrected chi connectivity index (χ4v) is 3.66. The van der Waals surface area contributed by atoms with Crippen LogP contribution >= 0.6 is 12.4 Å². The van der Waals surface area contributed by atoms with Gasteiger partial charge in [0.2, 0.25) is 0 Å². The van der Waals surface area contributed by atoms with Crippen molar-refractivity contribution in [3.05, 3.63) is 59.8 Å². The van der Waals surface area contributed by atoms with Crippen molar-refractivity contribution < 1.29 is 9.53 Å². The molecular formula is C20H19ClN6O2. The Morgan fingerprint density at radius 1 is 1.24 bits per heavy atom. The van der Waals surface area contributed by atoms with E-state index in [1.165, 1.54) is 0 Å². The molecule has 0 spiro atoms. The van der Waals surface area contributed by atoms with Gasteiger partial charge in [0.25, 0.3) is 0 Å². The quantitative estimate of drug-likeness (QED) is 0.502. The highest BCUT2D eigenvalue weighted by Crippen LogP contribution is 2.36. The number of aromatic nitrogens is 6. The summed E-state index contributed by atoms with van der Waals surface area (Å²) in [4.78, 5) is 19.9. The molecule has 0 aliphatic heterocycles. The zero-order chi connectivity index (χ0) is 19.1. The SMILES string of the molecule is CCOC(=O)c1nn(-c2ccc(-c3ncc[nH]3)cc2)c2c1CCc1[nH]ncc1-2.Cl. The minimum atomic E-state index is -0.392. The standard InChI is InChI=1S/C20H18N6O2.ClH/c1-2-28-20(27)17-14-7-8-16-15(11-23-24-16)18(14)26(25-17)13-5-3-12(4-6-13)19-21-9-10-22-19;/h3-6,9-11H,2,7-8H2,1H3,(H,21,22)(H,23,24);1H. The molecule has 3 aromatic heterocycles. The van der Waals surface area contributed by atoms with E-state index in [0.717, 1.165) is 46.0 Å². The van der Waals surface area contributed by atoms with Gasteiger partial charge in [0.15, 0.2) is 5.69 Å². The third-order valence-electron chi connectivity index (χ3n) is 4.93. The highest BCUT2D eigenvalue weighted by atomic mass is 35.5. The van der Waals surface area contributed by atoms with Gasteiger partial charge in [-0.3, -0.25) is 5.10 Å². The molecule has 0 atom stereocenters. The molecule has 0 bridgehead atoms. The lowest BCUT2D eigenvalue weighted by molar-refractivity contribution is 0.0517. The molecule has 1 aliphatic carbocycles. The van der Waals surface area contributed by atoms with Crippen molar-refractivity contribution in [1.29, 1.82) is 0 Å². The third-order valence-corrected chi connectivity index (χ3v) is 4.93. The van der Waals surface area contributed by atoms with Crippen LogP contribution in [0, 0.1) is 0 Å². The number of carbonyl (C=O) groups is 1. The fourth-order valence-electron chi connectivity index (χ4n) is 3.66. The van der Waals surface area contributed by atoms with Crippen LogP contribution in [-0.2, 0) is 17.6 Å². The summed E-state index contributed by atoms with van der Waals surface area (Å²) in [5.41, 5.74) is 6.03. The fraction of sp³-hybridized carbons (Fsp3) is 0.200. The van der Waals surface area contributed by atoms with Crippen LogP contribution in [0.1, 0.15) is 28.7 Å². The van der Waals surface area contributed by atoms with Crippen molar-refractivity contribution in [2.75, 3.05) is 6.61 Å². The van der Waals surface area contributed by atoms with Gasteiger partial charge in [0.1, 0.15) is 5.82 Å². The predicted octanol–water partition coefficient (Wildman–Crippen LogP) is 3.35. The van der Waals surface area contributed by atoms with E-state index in [1.54, 1.807) is 30.2 Å². The summed E-state index contributed by atoms with van der Waals surface area (Å²) in [5, 5.41) is 11.9. The number of carbonyl (C=O) groups excluding carboxylic acids is 1. The van der Waals surface area contributed by atoms with Crippen molar-refractivity contribution >= 4 is 18.4 Å². The van der Waals surface area contributed by atoms with Crippen LogP contribution in [-0.4, -0.2) is 42.5 Å². The van der Waals surface area contributed by atoms with Crippen molar-refractivity contribution in [2.24, 2.45) is 0 Å². The number of ether oxygens (including phenoxy) is 1. The Kier molecular flexibility index (Phi) is 4.94. The van der Waals surface area contributed by atoms with Crippen molar-refractivity contribution in [2.45, 2.75) is 19.8 Å². The van der Waals surface area contributed by atoms with Gasteiger partial charge in [-0.2, -0.15) is 10.2 Å². The van der Waals surface area contributed by atoms with Crippen molar-refractivity contribution in [1.82, 2.24) is 29.9 Å². The molecule has 0 fully saturated rings. The van der Waals surface area contributed by atoms with E-state index >= 15 is 0 Å². The van der Waals surface area contributed by atoms with Gasteiger partial charge in [-0.1, -0.05) is 0 Å². The molecule has 4 aromatic rings. The Balaban J connectivity index is 0.00000205. The van der Waals surface area contributed by atoms with E-state index in [4.69, 9.17) is 4.74 Å². The van der Waals surface area contributed by atoms with Crippen LogP contribution < -0.4 is 0 Å². The van der Waals surface area contributed by atoms with Gasteiger partial charge in [-0.05, 0) is 44.0 Å². The number of nitrogens with zero attached hydrogens (tertiary/aromatic N) is 4. The maximum atomic E-state index is 12.5. The number of imidazole rings is 1. The number of hydrogen-bond donors (Lipinski definition) is 2. The average molecular weight is 411 g/mol. The molecule has 0 saturated carbocycles. The van der Waals surface area contributed by atoms with E-state index in [2.05, 4.69) is 25.3 Å². The summed E-state index contributed by atoms with van der Waals surface area (Å²) >= 11 is 0. The summed E-state index contributed by atoms with van der Waals surface area (Å²) in [5.74, 6) is 0.412. The largest absolute Gasteiger partial charge is 0.461 e. The Morgan fingerprint density at radius 3 is 2.79 bits per heavy atom. The number of nitrogens with one attached hydrogen (secondary N) is 2. The first-order valence-corrected chi connectivity index (χ1v) is 9.18. The molecule has 9 heteroatoms. The number of rotatable bonds is 4. The van der Waals surface area contributed by atoms with Crippen LogP contribution in [0.25, 0.3) is 28.3 Å². The zero-order valence-electron chi connectivity index (χ0n) is 15.7. The predicted molar refractivity (Wildman–Crippen MR) is 109 cm³/mol. The monoisotopic (exact) mass is 410 g/mol. The number of esters is 1. The maximum absolute atomic E-state index is 12.5. The van der Waals surface area contributed by atoms with Crippen LogP contribution in [0.2, 0.25) is 0 Å². The summed E-state index contributed by atoms with van der Waals surface area (Å²) in [7, 11) is 0. The molecule has 2 N–H and O–H groups in total. The Hall–Kier alpha value is -3.39. The first-order valence-electron chi connectivity index (χ1n) is 9.18. The average Bonchev–Trinajstić information content (AvgIpc) is 3.46. The lowest BCUT2D eigenvalue weighted by Crippen LogP contribution is -2.10. The number of aryl methyl sites for hydroxylation is 1. The smallest absolute Gasteiger partial charge is 0.359 e. The second-order valence-electron chi connectivity index (χ2n) is 6.55. The van der Waals surface area contributed by atoms with Gasteiger partial charge in [0.05, 0.1) is 24.2 Å². The topological polar surface area (TPSA) is 101 Å². The van der Waals surface area contributed by atoms with Crippen LogP contribution in [0.3, 0.4) is 0 Å². The molecule has 0 unspecified atom stereocenters. The molecule has 0 amide bonds. The summed E-state index contributed by atoms with van der Waals surface area (Å²) < 4.78 is 7.04. The van der Waals surface area contributed by atoms with Gasteiger partial charge < -0.3 is 9.72 Å². The van der Waals surface area contributed by atoms with Gasteiger partial charge in [-0.15, -0.1) is 12.4 Å². The normalized spacial score (nSPS) is 12.0. The number of fused-ring (bicyclic) bond motifs is 3. The van der Waals surface area contributed by atoms with E-state index in [1.807, 2.05) is 24.3 Å². The number of hydrogen-bond acceptors (Lipinski definition) is 5. The molecule has 1 aliphatic rings. The molecule has 0 saturated heterocycles. The van der Waals surface area contributed by atoms with Crippen LogP contribution in [0.15, 0.2) is 42.9 Å². The Bertz CT molecular complexity index is 1140. The number of aromatic amines is 2. The second-order valence-corrected chi connectivity index (χ2v) is 6.55. The molecule has 148 valence electrons. The second kappa shape index (κ2) is 7.56. The van der Waals surface area contributed by atoms with E-state index in [0.29, 0.717) is 18.7 Å². The summed E-state index contributed by atoms with van der Waals surface area (Å²) in [6.07, 6.45) is 6.80. The molecular weight excluding hydrogens is 392 g/mol. The first-order chi connectivity index (χ1) is 13.8. The molecule has 0 radical (unpaired) electrons. The lowest BCUT2D eigenvalue weighted by atomic mass is 9.94. The molecule has 5 rings (SSSR count). The highest BCUT2D eigenvalue weighted by Gasteiger charge is 2.30. The molecule has 8 nitrogen and oxygen atoms in total. The lowest BCUT2D eigenvalue weighted by Gasteiger charge is -2.14. The van der Waals surface area contributed by atoms with E-state index in [9.17, 15) is 4.79 Å². The van der Waals surface area contributed by atoms with Gasteiger partial charge >= 0.3 is 5.97 Å². The van der Waals surface area contributed by atoms with Crippen LogP contribution in [0.5, 0.6) is 0 Å². The third kappa shape index (κ3) is 3.11. The van der Waals surface area contributed by atoms with E-state index < -0.39 is 5.97 Å². The highest BCUT2D eigenvalue weighted by molar-refractivity contribution is 5.92. The Morgan fingerprint density at radius 2 is 2.07 bits per heavy atom. The van der Waals surface area contributed by atoms with E-state index in [-0.39, 0.29) is 12.4 Å². The number of halogens is 1. The zero-order valence-corrected chi connectivity index (χ0v) is 16.5. The minimum absolute atomic E-state index is 0. The molecule has 29 heavy (non-hydrogen) atoms. The molecule has 1 aromatic carbocycles. The number of benzene rings is 1. The Labute approximate surface area is 172 Å². The maximum Gasteiger partial charge on any atom is 0.359 e.